The van der Waals surface area contributed by atoms with Crippen LogP contribution < -0.4 is 15.2 Å². The number of nitro groups is 1. The summed E-state index contributed by atoms with van der Waals surface area (Å²) in [6.45, 7) is 0.564. The van der Waals surface area contributed by atoms with Gasteiger partial charge in [0.15, 0.2) is 17.3 Å². The largest absolute Gasteiger partial charge is 0.493 e. The number of nitrogens with two attached hydrogens (primary N) is 1. The SMILES string of the molecule is COCCOc1cc([N+](=O)[O-])c(-c2nc(C3(N)CCCC3)no2)cc1OC. The van der Waals surface area contributed by atoms with Crippen LogP contribution in [0.1, 0.15) is 31.5 Å². The van der Waals surface area contributed by atoms with Crippen LogP contribution >= 0.6 is 0 Å². The number of hydrogen-bond donors (Lipinski definition) is 1. The molecule has 1 heterocycles. The molecule has 1 aromatic carbocycles. The topological polar surface area (TPSA) is 136 Å². The highest BCUT2D eigenvalue weighted by molar-refractivity contribution is 5.72. The lowest BCUT2D eigenvalue weighted by atomic mass is 9.98. The lowest BCUT2D eigenvalue weighted by Gasteiger charge is -2.17. The normalized spacial score (nSPS) is 15.7. The molecule has 3 rings (SSSR count). The first kappa shape index (κ1) is 19.1. The lowest BCUT2D eigenvalue weighted by Crippen LogP contribution is -2.34. The molecule has 10 heteroatoms. The zero-order valence-electron chi connectivity index (χ0n) is 15.3. The summed E-state index contributed by atoms with van der Waals surface area (Å²) in [4.78, 5) is 15.4. The van der Waals surface area contributed by atoms with E-state index in [0.29, 0.717) is 18.2 Å². The predicted molar refractivity (Wildman–Crippen MR) is 94.6 cm³/mol. The number of nitro benzene ring substituents is 1. The van der Waals surface area contributed by atoms with Crippen LogP contribution in [0.3, 0.4) is 0 Å². The number of hydrogen-bond acceptors (Lipinski definition) is 9. The van der Waals surface area contributed by atoms with Crippen molar-refractivity contribution < 1.29 is 23.7 Å². The number of ether oxygens (including phenoxy) is 3. The van der Waals surface area contributed by atoms with Gasteiger partial charge >= 0.3 is 0 Å². The van der Waals surface area contributed by atoms with Crippen LogP contribution in [0.5, 0.6) is 11.5 Å². The van der Waals surface area contributed by atoms with E-state index in [9.17, 15) is 10.1 Å². The summed E-state index contributed by atoms with van der Waals surface area (Å²) in [7, 11) is 2.98. The molecule has 2 N–H and O–H groups in total. The maximum atomic E-state index is 11.6. The molecule has 146 valence electrons. The Hall–Kier alpha value is -2.72. The van der Waals surface area contributed by atoms with Crippen LogP contribution in [0.15, 0.2) is 16.7 Å². The molecule has 1 fully saturated rings. The van der Waals surface area contributed by atoms with Crippen LogP contribution in [0.2, 0.25) is 0 Å². The van der Waals surface area contributed by atoms with Gasteiger partial charge in [-0.2, -0.15) is 4.98 Å². The highest BCUT2D eigenvalue weighted by atomic mass is 16.6. The first-order chi connectivity index (χ1) is 13.0. The quantitative estimate of drug-likeness (QED) is 0.417. The summed E-state index contributed by atoms with van der Waals surface area (Å²) in [5.74, 6) is 0.935. The second kappa shape index (κ2) is 7.89. The van der Waals surface area contributed by atoms with Crippen molar-refractivity contribution in [3.05, 3.63) is 28.1 Å². The number of rotatable bonds is 8. The fourth-order valence-electron chi connectivity index (χ4n) is 3.14. The van der Waals surface area contributed by atoms with E-state index in [2.05, 4.69) is 10.1 Å². The van der Waals surface area contributed by atoms with Crippen molar-refractivity contribution in [1.82, 2.24) is 10.1 Å². The summed E-state index contributed by atoms with van der Waals surface area (Å²) in [5.41, 5.74) is 5.62. The molecule has 0 atom stereocenters. The number of aromatic nitrogens is 2. The van der Waals surface area contributed by atoms with E-state index in [1.54, 1.807) is 0 Å². The summed E-state index contributed by atoms with van der Waals surface area (Å²) >= 11 is 0. The van der Waals surface area contributed by atoms with Crippen molar-refractivity contribution >= 4 is 5.69 Å². The van der Waals surface area contributed by atoms with Crippen molar-refractivity contribution in [2.45, 2.75) is 31.2 Å². The fraction of sp³-hybridized carbons (Fsp3) is 0.529. The zero-order chi connectivity index (χ0) is 19.4. The van der Waals surface area contributed by atoms with E-state index >= 15 is 0 Å². The molecule has 0 amide bonds. The minimum Gasteiger partial charge on any atom is -0.493 e. The maximum absolute atomic E-state index is 11.6. The molecular weight excluding hydrogens is 356 g/mol. The number of nitrogens with zero attached hydrogens (tertiary/aromatic N) is 3. The summed E-state index contributed by atoms with van der Waals surface area (Å²) in [6.07, 6.45) is 3.48. The van der Waals surface area contributed by atoms with Gasteiger partial charge in [0.1, 0.15) is 12.2 Å². The number of methoxy groups -OCH3 is 2. The molecular formula is C17H22N4O6. The summed E-state index contributed by atoms with van der Waals surface area (Å²) in [6, 6.07) is 2.73. The fourth-order valence-corrected chi connectivity index (χ4v) is 3.14. The molecule has 27 heavy (non-hydrogen) atoms. The standard InChI is InChI=1S/C17H22N4O6/c1-24-7-8-26-14-10-12(21(22)23)11(9-13(14)25-2)15-19-16(20-27-15)17(18)5-3-4-6-17/h9-10H,3-8,18H2,1-2H3. The van der Waals surface area contributed by atoms with Gasteiger partial charge in [-0.05, 0) is 12.8 Å². The average molecular weight is 378 g/mol. The highest BCUT2D eigenvalue weighted by Crippen LogP contribution is 2.41. The Morgan fingerprint density at radius 3 is 2.63 bits per heavy atom. The van der Waals surface area contributed by atoms with Gasteiger partial charge in [-0.25, -0.2) is 0 Å². The minimum atomic E-state index is -0.649. The van der Waals surface area contributed by atoms with Crippen LogP contribution in [-0.4, -0.2) is 42.5 Å². The van der Waals surface area contributed by atoms with E-state index in [0.717, 1.165) is 25.7 Å². The van der Waals surface area contributed by atoms with Crippen molar-refractivity contribution in [2.75, 3.05) is 27.4 Å². The van der Waals surface area contributed by atoms with Crippen LogP contribution in [0, 0.1) is 10.1 Å². The molecule has 1 aromatic heterocycles. The van der Waals surface area contributed by atoms with Gasteiger partial charge in [-0.15, -0.1) is 0 Å². The van der Waals surface area contributed by atoms with E-state index in [4.69, 9.17) is 24.5 Å². The molecule has 0 unspecified atom stereocenters. The highest BCUT2D eigenvalue weighted by Gasteiger charge is 2.37. The van der Waals surface area contributed by atoms with Gasteiger partial charge in [-0.3, -0.25) is 10.1 Å². The first-order valence-corrected chi connectivity index (χ1v) is 8.60. The van der Waals surface area contributed by atoms with Gasteiger partial charge in [0, 0.05) is 13.2 Å². The van der Waals surface area contributed by atoms with Gasteiger partial charge in [-0.1, -0.05) is 18.0 Å². The van der Waals surface area contributed by atoms with Crippen LogP contribution in [-0.2, 0) is 10.3 Å². The molecule has 0 bridgehead atoms. The summed E-state index contributed by atoms with van der Waals surface area (Å²) < 4.78 is 21.0. The maximum Gasteiger partial charge on any atom is 0.286 e. The lowest BCUT2D eigenvalue weighted by molar-refractivity contribution is -0.384. The second-order valence-electron chi connectivity index (χ2n) is 6.40. The van der Waals surface area contributed by atoms with Gasteiger partial charge in [0.2, 0.25) is 0 Å². The van der Waals surface area contributed by atoms with Crippen molar-refractivity contribution in [3.63, 3.8) is 0 Å². The Kier molecular flexibility index (Phi) is 5.57. The van der Waals surface area contributed by atoms with Gasteiger partial charge in [0.25, 0.3) is 11.6 Å². The monoisotopic (exact) mass is 378 g/mol. The molecule has 2 aromatic rings. The van der Waals surface area contributed by atoms with Gasteiger partial charge < -0.3 is 24.5 Å². The molecule has 0 spiro atoms. The first-order valence-electron chi connectivity index (χ1n) is 8.60. The average Bonchev–Trinajstić information content (AvgIpc) is 3.31. The Labute approximate surface area is 155 Å². The smallest absolute Gasteiger partial charge is 0.286 e. The van der Waals surface area contributed by atoms with Crippen molar-refractivity contribution in [2.24, 2.45) is 5.73 Å². The second-order valence-corrected chi connectivity index (χ2v) is 6.40. The Bertz CT molecular complexity index is 816. The molecule has 10 nitrogen and oxygen atoms in total. The van der Waals surface area contributed by atoms with E-state index < -0.39 is 10.5 Å². The molecule has 1 aliphatic carbocycles. The van der Waals surface area contributed by atoms with Gasteiger partial charge in [0.05, 0.1) is 30.2 Å². The summed E-state index contributed by atoms with van der Waals surface area (Å²) in [5, 5.41) is 15.5. The third-order valence-corrected chi connectivity index (χ3v) is 4.62. The van der Waals surface area contributed by atoms with E-state index in [-0.39, 0.29) is 29.5 Å². The van der Waals surface area contributed by atoms with E-state index in [1.807, 2.05) is 0 Å². The molecule has 1 aliphatic rings. The number of benzene rings is 1. The van der Waals surface area contributed by atoms with Crippen molar-refractivity contribution in [3.8, 4) is 23.0 Å². The molecule has 0 saturated heterocycles. The Morgan fingerprint density at radius 2 is 2.00 bits per heavy atom. The Balaban J connectivity index is 1.99. The molecule has 0 radical (unpaired) electrons. The predicted octanol–water partition coefficient (Wildman–Crippen LogP) is 2.41. The molecule has 1 saturated carbocycles. The Morgan fingerprint density at radius 1 is 1.26 bits per heavy atom. The minimum absolute atomic E-state index is 0.0233. The van der Waals surface area contributed by atoms with Crippen LogP contribution in [0.25, 0.3) is 11.5 Å². The van der Waals surface area contributed by atoms with E-state index in [1.165, 1.54) is 26.4 Å². The third kappa shape index (κ3) is 3.86. The van der Waals surface area contributed by atoms with Crippen molar-refractivity contribution in [1.29, 1.82) is 0 Å². The van der Waals surface area contributed by atoms with Crippen LogP contribution in [0.4, 0.5) is 5.69 Å². The zero-order valence-corrected chi connectivity index (χ0v) is 15.3. The third-order valence-electron chi connectivity index (χ3n) is 4.62. The molecule has 0 aliphatic heterocycles.